The highest BCUT2D eigenvalue weighted by atomic mass is 16.5. The largest absolute Gasteiger partial charge is 0.481 e. The first-order valence-corrected chi connectivity index (χ1v) is 7.60. The van der Waals surface area contributed by atoms with Crippen molar-refractivity contribution in [3.8, 4) is 11.3 Å². The number of rotatable bonds is 3. The molecule has 2 heterocycles. The average molecular weight is 314 g/mol. The quantitative estimate of drug-likeness (QED) is 0.941. The van der Waals surface area contributed by atoms with E-state index < -0.39 is 11.9 Å². The molecule has 0 aliphatic carbocycles. The van der Waals surface area contributed by atoms with Crippen LogP contribution in [-0.2, 0) is 4.79 Å². The Morgan fingerprint density at radius 2 is 2.04 bits per heavy atom. The number of amides is 1. The normalized spacial score (nSPS) is 18.0. The van der Waals surface area contributed by atoms with Gasteiger partial charge in [-0.05, 0) is 19.8 Å². The van der Waals surface area contributed by atoms with Crippen LogP contribution in [0.5, 0.6) is 0 Å². The van der Waals surface area contributed by atoms with Crippen LogP contribution in [0.2, 0.25) is 0 Å². The number of nitrogens with zero attached hydrogens (tertiary/aromatic N) is 2. The molecule has 1 aliphatic rings. The van der Waals surface area contributed by atoms with Crippen LogP contribution in [-0.4, -0.2) is 40.1 Å². The molecular formula is C17H18N2O4. The number of hydrogen-bond donors (Lipinski definition) is 1. The minimum absolute atomic E-state index is 0.145. The third-order valence-electron chi connectivity index (χ3n) is 4.13. The third-order valence-corrected chi connectivity index (χ3v) is 4.13. The molecule has 0 spiro atoms. The molecule has 1 amide bonds. The summed E-state index contributed by atoms with van der Waals surface area (Å²) in [5.41, 5.74) is 2.61. The fourth-order valence-electron chi connectivity index (χ4n) is 2.76. The molecular weight excluding hydrogens is 296 g/mol. The summed E-state index contributed by atoms with van der Waals surface area (Å²) in [5, 5.41) is 13.1. The number of aryl methyl sites for hydroxylation is 1. The molecule has 1 atom stereocenters. The van der Waals surface area contributed by atoms with Gasteiger partial charge in [-0.1, -0.05) is 35.0 Å². The van der Waals surface area contributed by atoms with Crippen molar-refractivity contribution in [3.05, 3.63) is 41.7 Å². The molecule has 1 N–H and O–H groups in total. The van der Waals surface area contributed by atoms with Crippen LogP contribution in [0.1, 0.15) is 29.0 Å². The number of carbonyl (C=O) groups is 2. The zero-order valence-corrected chi connectivity index (χ0v) is 12.9. The minimum atomic E-state index is -0.861. The third kappa shape index (κ3) is 3.26. The second kappa shape index (κ2) is 6.24. The Labute approximate surface area is 133 Å². The summed E-state index contributed by atoms with van der Waals surface area (Å²) in [4.78, 5) is 25.1. The molecule has 6 nitrogen and oxygen atoms in total. The van der Waals surface area contributed by atoms with Crippen LogP contribution in [0.4, 0.5) is 0 Å². The summed E-state index contributed by atoms with van der Waals surface area (Å²) in [6, 6.07) is 9.38. The molecule has 3 rings (SSSR count). The SMILES string of the molecule is Cc1ccc(-c2cc(C(=O)N3CCCC(C(=O)O)C3)on2)cc1. The number of carboxylic acids is 1. The van der Waals surface area contributed by atoms with Crippen LogP contribution in [0.25, 0.3) is 11.3 Å². The van der Waals surface area contributed by atoms with Gasteiger partial charge in [0.25, 0.3) is 5.91 Å². The molecule has 0 saturated carbocycles. The molecule has 1 saturated heterocycles. The van der Waals surface area contributed by atoms with E-state index in [4.69, 9.17) is 9.63 Å². The lowest BCUT2D eigenvalue weighted by atomic mass is 9.98. The van der Waals surface area contributed by atoms with E-state index in [0.29, 0.717) is 25.1 Å². The molecule has 0 radical (unpaired) electrons. The maximum atomic E-state index is 12.5. The summed E-state index contributed by atoms with van der Waals surface area (Å²) >= 11 is 0. The number of aromatic nitrogens is 1. The molecule has 2 aromatic rings. The van der Waals surface area contributed by atoms with E-state index in [9.17, 15) is 9.59 Å². The van der Waals surface area contributed by atoms with Crippen LogP contribution in [0.3, 0.4) is 0 Å². The van der Waals surface area contributed by atoms with Gasteiger partial charge in [0.15, 0.2) is 0 Å². The Bertz CT molecular complexity index is 720. The molecule has 1 fully saturated rings. The molecule has 120 valence electrons. The molecule has 6 heteroatoms. The van der Waals surface area contributed by atoms with Crippen molar-refractivity contribution in [1.82, 2.24) is 10.1 Å². The van der Waals surface area contributed by atoms with Gasteiger partial charge in [0.05, 0.1) is 5.92 Å². The van der Waals surface area contributed by atoms with Crippen molar-refractivity contribution in [2.24, 2.45) is 5.92 Å². The van der Waals surface area contributed by atoms with E-state index in [1.165, 1.54) is 4.90 Å². The number of aliphatic carboxylic acids is 1. The highest BCUT2D eigenvalue weighted by molar-refractivity contribution is 5.92. The van der Waals surface area contributed by atoms with Gasteiger partial charge in [-0.2, -0.15) is 0 Å². The standard InChI is InChI=1S/C17H18N2O4/c1-11-4-6-12(7-5-11)14-9-15(23-18-14)16(20)19-8-2-3-13(10-19)17(21)22/h4-7,9,13H,2-3,8,10H2,1H3,(H,21,22). The molecule has 0 bridgehead atoms. The van der Waals surface area contributed by atoms with E-state index in [-0.39, 0.29) is 18.2 Å². The molecule has 1 aliphatic heterocycles. The van der Waals surface area contributed by atoms with Crippen molar-refractivity contribution < 1.29 is 19.2 Å². The monoisotopic (exact) mass is 314 g/mol. The van der Waals surface area contributed by atoms with Crippen LogP contribution < -0.4 is 0 Å². The van der Waals surface area contributed by atoms with Gasteiger partial charge in [0.2, 0.25) is 5.76 Å². The Morgan fingerprint density at radius 3 is 2.74 bits per heavy atom. The van der Waals surface area contributed by atoms with Gasteiger partial charge in [0, 0.05) is 24.7 Å². The fourth-order valence-corrected chi connectivity index (χ4v) is 2.76. The van der Waals surface area contributed by atoms with Crippen molar-refractivity contribution in [1.29, 1.82) is 0 Å². The molecule has 1 unspecified atom stereocenters. The highest BCUT2D eigenvalue weighted by Gasteiger charge is 2.30. The van der Waals surface area contributed by atoms with Gasteiger partial charge < -0.3 is 14.5 Å². The zero-order valence-electron chi connectivity index (χ0n) is 12.9. The Hall–Kier alpha value is -2.63. The highest BCUT2D eigenvalue weighted by Crippen LogP contribution is 2.23. The van der Waals surface area contributed by atoms with Crippen molar-refractivity contribution in [3.63, 3.8) is 0 Å². The van der Waals surface area contributed by atoms with Gasteiger partial charge in [-0.3, -0.25) is 9.59 Å². The maximum absolute atomic E-state index is 12.5. The van der Waals surface area contributed by atoms with E-state index in [2.05, 4.69) is 5.16 Å². The van der Waals surface area contributed by atoms with E-state index in [1.807, 2.05) is 31.2 Å². The van der Waals surface area contributed by atoms with Crippen molar-refractivity contribution in [2.75, 3.05) is 13.1 Å². The molecule has 1 aromatic carbocycles. The predicted octanol–water partition coefficient (Wildman–Crippen LogP) is 2.59. The Kier molecular flexibility index (Phi) is 4.14. The summed E-state index contributed by atoms with van der Waals surface area (Å²) in [6.45, 7) is 2.76. The van der Waals surface area contributed by atoms with Crippen LogP contribution >= 0.6 is 0 Å². The minimum Gasteiger partial charge on any atom is -0.481 e. The van der Waals surface area contributed by atoms with Gasteiger partial charge in [0.1, 0.15) is 5.69 Å². The maximum Gasteiger partial charge on any atom is 0.308 e. The Balaban J connectivity index is 1.75. The lowest BCUT2D eigenvalue weighted by Gasteiger charge is -2.29. The zero-order chi connectivity index (χ0) is 16.4. The first-order chi connectivity index (χ1) is 11.0. The smallest absolute Gasteiger partial charge is 0.308 e. The number of hydrogen-bond acceptors (Lipinski definition) is 4. The number of benzene rings is 1. The van der Waals surface area contributed by atoms with Gasteiger partial charge in [-0.25, -0.2) is 0 Å². The van der Waals surface area contributed by atoms with E-state index >= 15 is 0 Å². The van der Waals surface area contributed by atoms with Gasteiger partial charge in [-0.15, -0.1) is 0 Å². The number of likely N-dealkylation sites (tertiary alicyclic amines) is 1. The first-order valence-electron chi connectivity index (χ1n) is 7.60. The fraction of sp³-hybridized carbons (Fsp3) is 0.353. The molecule has 23 heavy (non-hydrogen) atoms. The Morgan fingerprint density at radius 1 is 1.30 bits per heavy atom. The lowest BCUT2D eigenvalue weighted by Crippen LogP contribution is -2.42. The second-order valence-corrected chi connectivity index (χ2v) is 5.87. The average Bonchev–Trinajstić information content (AvgIpc) is 3.05. The summed E-state index contributed by atoms with van der Waals surface area (Å²) in [6.07, 6.45) is 1.28. The van der Waals surface area contributed by atoms with Gasteiger partial charge >= 0.3 is 5.97 Å². The first kappa shape index (κ1) is 15.3. The number of piperidine rings is 1. The van der Waals surface area contributed by atoms with Crippen LogP contribution in [0.15, 0.2) is 34.9 Å². The van der Waals surface area contributed by atoms with E-state index in [1.54, 1.807) is 6.07 Å². The van der Waals surface area contributed by atoms with E-state index in [0.717, 1.165) is 11.1 Å². The second-order valence-electron chi connectivity index (χ2n) is 5.87. The predicted molar refractivity (Wildman–Crippen MR) is 82.9 cm³/mol. The number of carbonyl (C=O) groups excluding carboxylic acids is 1. The van der Waals surface area contributed by atoms with Crippen LogP contribution in [0, 0.1) is 12.8 Å². The lowest BCUT2D eigenvalue weighted by molar-refractivity contribution is -0.143. The topological polar surface area (TPSA) is 83.6 Å². The number of carboxylic acid groups (broad SMARTS) is 1. The molecule has 1 aromatic heterocycles. The van der Waals surface area contributed by atoms with Crippen molar-refractivity contribution in [2.45, 2.75) is 19.8 Å². The van der Waals surface area contributed by atoms with Crippen molar-refractivity contribution >= 4 is 11.9 Å². The summed E-state index contributed by atoms with van der Waals surface area (Å²) in [5.74, 6) is -1.53. The summed E-state index contributed by atoms with van der Waals surface area (Å²) < 4.78 is 5.17. The summed E-state index contributed by atoms with van der Waals surface area (Å²) in [7, 11) is 0.